The van der Waals surface area contributed by atoms with Crippen LogP contribution in [0.3, 0.4) is 0 Å². The van der Waals surface area contributed by atoms with Crippen LogP contribution in [0.25, 0.3) is 0 Å². The summed E-state index contributed by atoms with van der Waals surface area (Å²) in [7, 11) is 0. The molecule has 1 aliphatic carbocycles. The maximum absolute atomic E-state index is 12.4. The Morgan fingerprint density at radius 1 is 1.17 bits per heavy atom. The van der Waals surface area contributed by atoms with E-state index in [1.807, 2.05) is 6.92 Å². The zero-order valence-electron chi connectivity index (χ0n) is 14.4. The minimum absolute atomic E-state index is 0.100. The summed E-state index contributed by atoms with van der Waals surface area (Å²) in [5.74, 6) is -0.894. The Labute approximate surface area is 143 Å². The largest absolute Gasteiger partial charge is 0.341 e. The van der Waals surface area contributed by atoms with E-state index in [-0.39, 0.29) is 6.04 Å². The molecule has 0 spiro atoms. The third-order valence-electron chi connectivity index (χ3n) is 5.09. The number of carbonyl (C=O) groups excluding carboxylic acids is 2. The van der Waals surface area contributed by atoms with E-state index in [1.165, 1.54) is 24.0 Å². The average molecular weight is 329 g/mol. The molecular formula is C19H27N3O2. The van der Waals surface area contributed by atoms with E-state index < -0.39 is 11.8 Å². The molecule has 1 aromatic carbocycles. The number of rotatable bonds is 3. The fourth-order valence-corrected chi connectivity index (χ4v) is 3.62. The van der Waals surface area contributed by atoms with E-state index in [0.717, 1.165) is 37.9 Å². The topological polar surface area (TPSA) is 61.4 Å². The first-order valence-electron chi connectivity index (χ1n) is 9.11. The van der Waals surface area contributed by atoms with Gasteiger partial charge in [-0.25, -0.2) is 0 Å². The Kier molecular flexibility index (Phi) is 5.51. The van der Waals surface area contributed by atoms with Crippen molar-refractivity contribution in [2.75, 3.05) is 26.2 Å². The molecule has 1 aliphatic heterocycles. The summed E-state index contributed by atoms with van der Waals surface area (Å²) < 4.78 is 0. The summed E-state index contributed by atoms with van der Waals surface area (Å²) in [6, 6.07) is 6.42. The number of benzene rings is 1. The van der Waals surface area contributed by atoms with E-state index in [1.54, 1.807) is 4.90 Å². The second-order valence-electron chi connectivity index (χ2n) is 6.71. The Morgan fingerprint density at radius 2 is 1.88 bits per heavy atom. The highest BCUT2D eigenvalue weighted by Gasteiger charge is 2.25. The summed E-state index contributed by atoms with van der Waals surface area (Å²) >= 11 is 0. The number of carbonyl (C=O) groups is 2. The van der Waals surface area contributed by atoms with Crippen LogP contribution in [0.5, 0.6) is 0 Å². The number of fused-ring (bicyclic) bond motifs is 1. The van der Waals surface area contributed by atoms with Gasteiger partial charge in [-0.2, -0.15) is 0 Å². The highest BCUT2D eigenvalue weighted by Crippen LogP contribution is 2.26. The number of hydrogen-bond donors (Lipinski definition) is 2. The fourth-order valence-electron chi connectivity index (χ4n) is 3.62. The lowest BCUT2D eigenvalue weighted by Gasteiger charge is -2.28. The second-order valence-corrected chi connectivity index (χ2v) is 6.71. The molecule has 1 aromatic rings. The van der Waals surface area contributed by atoms with Gasteiger partial charge in [-0.15, -0.1) is 0 Å². The van der Waals surface area contributed by atoms with Gasteiger partial charge in [0.25, 0.3) is 0 Å². The smallest absolute Gasteiger partial charge is 0.311 e. The molecule has 0 saturated carbocycles. The highest BCUT2D eigenvalue weighted by molar-refractivity contribution is 6.35. The van der Waals surface area contributed by atoms with Crippen molar-refractivity contribution in [2.24, 2.45) is 0 Å². The third kappa shape index (κ3) is 3.78. The predicted octanol–water partition coefficient (Wildman–Crippen LogP) is 1.56. The molecule has 2 amide bonds. The average Bonchev–Trinajstić information content (AvgIpc) is 2.65. The van der Waals surface area contributed by atoms with E-state index in [0.29, 0.717) is 13.1 Å². The van der Waals surface area contributed by atoms with Crippen LogP contribution in [0.2, 0.25) is 0 Å². The van der Waals surface area contributed by atoms with Crippen molar-refractivity contribution in [3.63, 3.8) is 0 Å². The summed E-state index contributed by atoms with van der Waals surface area (Å²) in [6.45, 7) is 4.74. The summed E-state index contributed by atoms with van der Waals surface area (Å²) in [4.78, 5) is 26.3. The molecule has 24 heavy (non-hydrogen) atoms. The summed E-state index contributed by atoms with van der Waals surface area (Å²) in [5, 5.41) is 6.13. The lowest BCUT2D eigenvalue weighted by molar-refractivity contribution is -0.146. The lowest BCUT2D eigenvalue weighted by atomic mass is 9.89. The number of nitrogens with zero attached hydrogens (tertiary/aromatic N) is 1. The van der Waals surface area contributed by atoms with E-state index >= 15 is 0 Å². The normalized spacial score (nSPS) is 18.6. The van der Waals surface area contributed by atoms with Crippen molar-refractivity contribution in [1.82, 2.24) is 15.5 Å². The van der Waals surface area contributed by atoms with E-state index in [9.17, 15) is 9.59 Å². The van der Waals surface area contributed by atoms with Gasteiger partial charge in [0, 0.05) is 26.2 Å². The quantitative estimate of drug-likeness (QED) is 0.828. The minimum Gasteiger partial charge on any atom is -0.341 e. The first kappa shape index (κ1) is 17.0. The SMILES string of the molecule is CCC(NC(=O)C(=O)N1CCNCC1)c1ccc2c(c1)CCCC2. The van der Waals surface area contributed by atoms with Crippen molar-refractivity contribution in [3.8, 4) is 0 Å². The zero-order valence-corrected chi connectivity index (χ0v) is 14.4. The molecule has 130 valence electrons. The first-order chi connectivity index (χ1) is 11.7. The number of hydrogen-bond acceptors (Lipinski definition) is 3. The second kappa shape index (κ2) is 7.79. The van der Waals surface area contributed by atoms with Crippen LogP contribution in [0.4, 0.5) is 0 Å². The van der Waals surface area contributed by atoms with Crippen LogP contribution in [0.1, 0.15) is 48.9 Å². The molecule has 5 heteroatoms. The maximum atomic E-state index is 12.4. The van der Waals surface area contributed by atoms with Gasteiger partial charge >= 0.3 is 11.8 Å². The molecule has 2 aliphatic rings. The van der Waals surface area contributed by atoms with Gasteiger partial charge in [0.1, 0.15) is 0 Å². The molecule has 1 fully saturated rings. The molecule has 3 rings (SSSR count). The molecule has 1 atom stereocenters. The van der Waals surface area contributed by atoms with Crippen LogP contribution >= 0.6 is 0 Å². The van der Waals surface area contributed by atoms with Crippen LogP contribution in [0, 0.1) is 0 Å². The van der Waals surface area contributed by atoms with Gasteiger partial charge in [0.15, 0.2) is 0 Å². The van der Waals surface area contributed by atoms with Crippen LogP contribution < -0.4 is 10.6 Å². The van der Waals surface area contributed by atoms with Crippen molar-refractivity contribution in [3.05, 3.63) is 34.9 Å². The van der Waals surface area contributed by atoms with E-state index in [4.69, 9.17) is 0 Å². The number of amides is 2. The summed E-state index contributed by atoms with van der Waals surface area (Å²) in [6.07, 6.45) is 5.55. The van der Waals surface area contributed by atoms with Crippen molar-refractivity contribution in [1.29, 1.82) is 0 Å². The minimum atomic E-state index is -0.485. The molecule has 0 aromatic heterocycles. The molecule has 5 nitrogen and oxygen atoms in total. The molecular weight excluding hydrogens is 302 g/mol. The Balaban J connectivity index is 1.67. The lowest BCUT2D eigenvalue weighted by Crippen LogP contribution is -2.51. The van der Waals surface area contributed by atoms with Crippen LogP contribution in [-0.4, -0.2) is 42.9 Å². The molecule has 1 unspecified atom stereocenters. The van der Waals surface area contributed by atoms with Gasteiger partial charge < -0.3 is 15.5 Å². The monoisotopic (exact) mass is 329 g/mol. The Hall–Kier alpha value is -1.88. The Bertz CT molecular complexity index is 609. The first-order valence-corrected chi connectivity index (χ1v) is 9.11. The molecule has 2 N–H and O–H groups in total. The van der Waals surface area contributed by atoms with Gasteiger partial charge in [-0.1, -0.05) is 25.1 Å². The number of aryl methyl sites for hydroxylation is 2. The fraction of sp³-hybridized carbons (Fsp3) is 0.579. The van der Waals surface area contributed by atoms with Gasteiger partial charge in [-0.3, -0.25) is 9.59 Å². The standard InChI is InChI=1S/C19H27N3O2/c1-2-17(16-8-7-14-5-3-4-6-15(14)13-16)21-18(23)19(24)22-11-9-20-10-12-22/h7-8,13,17,20H,2-6,9-12H2,1H3,(H,21,23). The summed E-state index contributed by atoms with van der Waals surface area (Å²) in [5.41, 5.74) is 3.95. The van der Waals surface area contributed by atoms with Gasteiger partial charge in [0.05, 0.1) is 6.04 Å². The zero-order chi connectivity index (χ0) is 16.9. The highest BCUT2D eigenvalue weighted by atomic mass is 16.2. The molecule has 0 bridgehead atoms. The third-order valence-corrected chi connectivity index (χ3v) is 5.09. The van der Waals surface area contributed by atoms with E-state index in [2.05, 4.69) is 28.8 Å². The number of piperazine rings is 1. The predicted molar refractivity (Wildman–Crippen MR) is 93.7 cm³/mol. The molecule has 0 radical (unpaired) electrons. The van der Waals surface area contributed by atoms with Crippen LogP contribution in [-0.2, 0) is 22.4 Å². The van der Waals surface area contributed by atoms with Gasteiger partial charge in [0.2, 0.25) is 0 Å². The van der Waals surface area contributed by atoms with Crippen molar-refractivity contribution < 1.29 is 9.59 Å². The Morgan fingerprint density at radius 3 is 2.58 bits per heavy atom. The number of nitrogens with one attached hydrogen (secondary N) is 2. The molecule has 1 saturated heterocycles. The van der Waals surface area contributed by atoms with Gasteiger partial charge in [-0.05, 0) is 48.8 Å². The van der Waals surface area contributed by atoms with Crippen molar-refractivity contribution >= 4 is 11.8 Å². The van der Waals surface area contributed by atoms with Crippen molar-refractivity contribution in [2.45, 2.75) is 45.1 Å². The van der Waals surface area contributed by atoms with Crippen LogP contribution in [0.15, 0.2) is 18.2 Å². The maximum Gasteiger partial charge on any atom is 0.311 e. The molecule has 1 heterocycles.